The first-order valence-corrected chi connectivity index (χ1v) is 7.14. The Morgan fingerprint density at radius 3 is 2.80 bits per heavy atom. The molecule has 15 heavy (non-hydrogen) atoms. The van der Waals surface area contributed by atoms with Crippen molar-refractivity contribution < 1.29 is 13.2 Å². The lowest BCUT2D eigenvalue weighted by Crippen LogP contribution is -2.40. The summed E-state index contributed by atoms with van der Waals surface area (Å²) in [5, 5.41) is 0. The Balaban J connectivity index is 2.33. The van der Waals surface area contributed by atoms with Gasteiger partial charge < -0.3 is 4.74 Å². The molecule has 3 N–H and O–H groups in total. The second-order valence-corrected chi connectivity index (χ2v) is 6.26. The summed E-state index contributed by atoms with van der Waals surface area (Å²) < 4.78 is 27.7. The Morgan fingerprint density at radius 2 is 2.33 bits per heavy atom. The number of sulfone groups is 1. The number of hydrogen-bond acceptors (Lipinski definition) is 5. The van der Waals surface area contributed by atoms with Crippen molar-refractivity contribution in [3.05, 3.63) is 0 Å². The van der Waals surface area contributed by atoms with Crippen molar-refractivity contribution in [3.8, 4) is 0 Å². The summed E-state index contributed by atoms with van der Waals surface area (Å²) in [6, 6.07) is 0.0586. The van der Waals surface area contributed by atoms with Crippen LogP contribution in [0.25, 0.3) is 0 Å². The predicted molar refractivity (Wildman–Crippen MR) is 59.0 cm³/mol. The lowest BCUT2D eigenvalue weighted by atomic mass is 10.0. The van der Waals surface area contributed by atoms with Crippen LogP contribution in [-0.4, -0.2) is 39.2 Å². The number of nitrogens with one attached hydrogen (secondary N) is 1. The van der Waals surface area contributed by atoms with E-state index in [1.165, 1.54) is 0 Å². The molecule has 90 valence electrons. The van der Waals surface area contributed by atoms with Gasteiger partial charge in [-0.15, -0.1) is 0 Å². The van der Waals surface area contributed by atoms with Gasteiger partial charge in [0.2, 0.25) is 0 Å². The van der Waals surface area contributed by atoms with Crippen molar-refractivity contribution in [1.82, 2.24) is 5.43 Å². The summed E-state index contributed by atoms with van der Waals surface area (Å²) in [7, 11) is -2.78. The molecule has 1 heterocycles. The molecule has 6 heteroatoms. The van der Waals surface area contributed by atoms with E-state index in [1.807, 2.05) is 6.92 Å². The normalized spacial score (nSPS) is 26.7. The molecule has 1 saturated heterocycles. The number of hydrazine groups is 1. The second-order valence-electron chi connectivity index (χ2n) is 4.03. The van der Waals surface area contributed by atoms with Gasteiger partial charge >= 0.3 is 0 Å². The van der Waals surface area contributed by atoms with Gasteiger partial charge in [-0.25, -0.2) is 8.42 Å². The van der Waals surface area contributed by atoms with E-state index in [9.17, 15) is 8.42 Å². The molecule has 0 aromatic heterocycles. The maximum Gasteiger partial charge on any atom is 0.150 e. The van der Waals surface area contributed by atoms with Crippen LogP contribution < -0.4 is 11.3 Å². The Kier molecular flexibility index (Phi) is 4.98. The molecule has 1 aliphatic rings. The monoisotopic (exact) mass is 236 g/mol. The fourth-order valence-electron chi connectivity index (χ4n) is 1.90. The van der Waals surface area contributed by atoms with Crippen molar-refractivity contribution in [3.63, 3.8) is 0 Å². The van der Waals surface area contributed by atoms with E-state index >= 15 is 0 Å². The van der Waals surface area contributed by atoms with Gasteiger partial charge in [0.1, 0.15) is 0 Å². The molecule has 2 unspecified atom stereocenters. The molecular formula is C9H20N2O3S. The molecule has 1 fully saturated rings. The van der Waals surface area contributed by atoms with Gasteiger partial charge in [-0.1, -0.05) is 0 Å². The summed E-state index contributed by atoms with van der Waals surface area (Å²) >= 11 is 0. The van der Waals surface area contributed by atoms with Crippen molar-refractivity contribution in [2.24, 2.45) is 11.8 Å². The quantitative estimate of drug-likeness (QED) is 0.488. The third-order valence-electron chi connectivity index (χ3n) is 2.70. The second kappa shape index (κ2) is 5.79. The first-order chi connectivity index (χ1) is 7.07. The van der Waals surface area contributed by atoms with E-state index in [1.54, 1.807) is 0 Å². The van der Waals surface area contributed by atoms with E-state index in [0.29, 0.717) is 24.7 Å². The first-order valence-electron chi connectivity index (χ1n) is 5.31. The van der Waals surface area contributed by atoms with Gasteiger partial charge in [-0.3, -0.25) is 11.3 Å². The van der Waals surface area contributed by atoms with Crippen LogP contribution in [-0.2, 0) is 14.6 Å². The van der Waals surface area contributed by atoms with Crippen LogP contribution in [0.3, 0.4) is 0 Å². The maximum atomic E-state index is 11.2. The summed E-state index contributed by atoms with van der Waals surface area (Å²) in [6.07, 6.45) is 1.53. The number of rotatable bonds is 6. The minimum atomic E-state index is -2.78. The SMILES string of the molecule is CCOCC(CC1CCS(=O)(=O)C1)NN. The van der Waals surface area contributed by atoms with Crippen LogP contribution in [0.2, 0.25) is 0 Å². The Labute approximate surface area is 91.3 Å². The van der Waals surface area contributed by atoms with Crippen LogP contribution in [0.4, 0.5) is 0 Å². The zero-order chi connectivity index (χ0) is 11.3. The van der Waals surface area contributed by atoms with Crippen molar-refractivity contribution in [2.45, 2.75) is 25.8 Å². The fourth-order valence-corrected chi connectivity index (χ4v) is 3.78. The zero-order valence-corrected chi connectivity index (χ0v) is 9.92. The van der Waals surface area contributed by atoms with Gasteiger partial charge in [-0.2, -0.15) is 0 Å². The van der Waals surface area contributed by atoms with Gasteiger partial charge in [0.05, 0.1) is 18.1 Å². The van der Waals surface area contributed by atoms with E-state index < -0.39 is 9.84 Å². The van der Waals surface area contributed by atoms with E-state index in [2.05, 4.69) is 5.43 Å². The topological polar surface area (TPSA) is 81.4 Å². The van der Waals surface area contributed by atoms with Crippen LogP contribution in [0, 0.1) is 5.92 Å². The average molecular weight is 236 g/mol. The van der Waals surface area contributed by atoms with E-state index in [4.69, 9.17) is 10.6 Å². The van der Waals surface area contributed by atoms with Crippen molar-refractivity contribution >= 4 is 9.84 Å². The number of nitrogens with two attached hydrogens (primary N) is 1. The summed E-state index contributed by atoms with van der Waals surface area (Å²) in [4.78, 5) is 0. The third-order valence-corrected chi connectivity index (χ3v) is 4.54. The average Bonchev–Trinajstić information content (AvgIpc) is 2.52. The molecule has 1 rings (SSSR count). The molecule has 0 spiro atoms. The van der Waals surface area contributed by atoms with Crippen LogP contribution in [0.15, 0.2) is 0 Å². The van der Waals surface area contributed by atoms with Gasteiger partial charge in [0, 0.05) is 12.6 Å². The first kappa shape index (κ1) is 12.9. The molecular weight excluding hydrogens is 216 g/mol. The minimum absolute atomic E-state index is 0.0586. The van der Waals surface area contributed by atoms with Crippen LogP contribution >= 0.6 is 0 Å². The van der Waals surface area contributed by atoms with Gasteiger partial charge in [0.25, 0.3) is 0 Å². The van der Waals surface area contributed by atoms with Crippen LogP contribution in [0.1, 0.15) is 19.8 Å². The Morgan fingerprint density at radius 1 is 1.60 bits per heavy atom. The highest BCUT2D eigenvalue weighted by molar-refractivity contribution is 7.91. The summed E-state index contributed by atoms with van der Waals surface area (Å²) in [6.45, 7) is 3.12. The maximum absolute atomic E-state index is 11.2. The highest BCUT2D eigenvalue weighted by atomic mass is 32.2. The number of ether oxygens (including phenoxy) is 1. The van der Waals surface area contributed by atoms with E-state index in [-0.39, 0.29) is 12.0 Å². The molecule has 0 saturated carbocycles. The Bertz CT molecular complexity index is 279. The highest BCUT2D eigenvalue weighted by Crippen LogP contribution is 2.22. The smallest absolute Gasteiger partial charge is 0.150 e. The molecule has 0 amide bonds. The summed E-state index contributed by atoms with van der Waals surface area (Å²) in [5.41, 5.74) is 2.67. The molecule has 0 radical (unpaired) electrons. The minimum Gasteiger partial charge on any atom is -0.380 e. The lowest BCUT2D eigenvalue weighted by molar-refractivity contribution is 0.115. The fraction of sp³-hybridized carbons (Fsp3) is 1.00. The molecule has 0 aromatic rings. The van der Waals surface area contributed by atoms with Crippen molar-refractivity contribution in [2.75, 3.05) is 24.7 Å². The molecule has 0 aromatic carbocycles. The standard InChI is InChI=1S/C9H20N2O3S/c1-2-14-6-9(11-10)5-8-3-4-15(12,13)7-8/h8-9,11H,2-7,10H2,1H3. The number of hydrogen-bond donors (Lipinski definition) is 2. The zero-order valence-electron chi connectivity index (χ0n) is 9.11. The highest BCUT2D eigenvalue weighted by Gasteiger charge is 2.29. The molecule has 2 atom stereocenters. The van der Waals surface area contributed by atoms with Crippen LogP contribution in [0.5, 0.6) is 0 Å². The molecule has 5 nitrogen and oxygen atoms in total. The molecule has 0 bridgehead atoms. The Hall–Kier alpha value is -0.170. The summed E-state index contributed by atoms with van der Waals surface area (Å²) in [5.74, 6) is 6.24. The van der Waals surface area contributed by atoms with Gasteiger partial charge in [0.15, 0.2) is 9.84 Å². The third kappa shape index (κ3) is 4.46. The van der Waals surface area contributed by atoms with Gasteiger partial charge in [-0.05, 0) is 25.7 Å². The molecule has 0 aliphatic carbocycles. The molecule has 1 aliphatic heterocycles. The van der Waals surface area contributed by atoms with E-state index in [0.717, 1.165) is 12.8 Å². The van der Waals surface area contributed by atoms with Crippen molar-refractivity contribution in [1.29, 1.82) is 0 Å². The largest absolute Gasteiger partial charge is 0.380 e. The predicted octanol–water partition coefficient (Wildman–Crippen LogP) is -0.320. The lowest BCUT2D eigenvalue weighted by Gasteiger charge is -2.18.